The SMILES string of the molecule is O=C(O)[C@@H](CO)NCc1cc(Cl)c(OCc2cccc(-c3cccc(OCCO)c3)c2F)cc1OCc1ccc2nonc2c1. The zero-order valence-corrected chi connectivity index (χ0v) is 24.5. The molecule has 0 bridgehead atoms. The predicted octanol–water partition coefficient (Wildman–Crippen LogP) is 4.75. The summed E-state index contributed by atoms with van der Waals surface area (Å²) < 4.78 is 37.9. The first kappa shape index (κ1) is 31.7. The summed E-state index contributed by atoms with van der Waals surface area (Å²) in [5, 5.41) is 38.3. The fourth-order valence-corrected chi connectivity index (χ4v) is 4.73. The lowest BCUT2D eigenvalue weighted by molar-refractivity contribution is -0.140. The second kappa shape index (κ2) is 14.8. The maximum absolute atomic E-state index is 15.6. The van der Waals surface area contributed by atoms with Crippen LogP contribution in [0.25, 0.3) is 22.2 Å². The van der Waals surface area contributed by atoms with E-state index in [2.05, 4.69) is 15.6 Å². The van der Waals surface area contributed by atoms with Crippen LogP contribution in [0.15, 0.2) is 77.4 Å². The van der Waals surface area contributed by atoms with E-state index in [1.165, 1.54) is 0 Å². The number of aliphatic hydroxyl groups excluding tert-OH is 2. The molecule has 5 aromatic rings. The molecule has 1 atom stereocenters. The highest BCUT2D eigenvalue weighted by atomic mass is 35.5. The van der Waals surface area contributed by atoms with Crippen LogP contribution in [0.4, 0.5) is 4.39 Å². The number of carboxylic acids is 1. The summed E-state index contributed by atoms with van der Waals surface area (Å²) in [5.74, 6) is -0.646. The number of rotatable bonds is 15. The number of hydrogen-bond acceptors (Lipinski definition) is 10. The van der Waals surface area contributed by atoms with Gasteiger partial charge in [-0.05, 0) is 51.8 Å². The van der Waals surface area contributed by atoms with Crippen molar-refractivity contribution in [1.82, 2.24) is 15.6 Å². The number of halogens is 2. The second-order valence-electron chi connectivity index (χ2n) is 9.89. The Bertz CT molecular complexity index is 1780. The van der Waals surface area contributed by atoms with Gasteiger partial charge in [0.05, 0.1) is 18.2 Å². The molecule has 13 heteroatoms. The summed E-state index contributed by atoms with van der Waals surface area (Å²) in [5.41, 5.74) is 3.63. The minimum Gasteiger partial charge on any atom is -0.491 e. The van der Waals surface area contributed by atoms with Gasteiger partial charge >= 0.3 is 5.97 Å². The highest BCUT2D eigenvalue weighted by molar-refractivity contribution is 6.32. The maximum Gasteiger partial charge on any atom is 0.323 e. The summed E-state index contributed by atoms with van der Waals surface area (Å²) >= 11 is 6.55. The Labute approximate surface area is 261 Å². The Morgan fingerprint density at radius 1 is 0.911 bits per heavy atom. The van der Waals surface area contributed by atoms with Crippen LogP contribution in [0.2, 0.25) is 5.02 Å². The maximum atomic E-state index is 15.6. The molecule has 11 nitrogen and oxygen atoms in total. The molecule has 0 saturated carbocycles. The molecule has 0 aliphatic heterocycles. The van der Waals surface area contributed by atoms with Crippen LogP contribution in [0.3, 0.4) is 0 Å². The number of carbonyl (C=O) groups is 1. The Morgan fingerprint density at radius 2 is 1.71 bits per heavy atom. The molecule has 0 amide bonds. The first-order valence-electron chi connectivity index (χ1n) is 13.8. The number of aromatic nitrogens is 2. The van der Waals surface area contributed by atoms with E-state index in [1.807, 2.05) is 0 Å². The molecular formula is C32H29ClFN3O8. The van der Waals surface area contributed by atoms with Crippen LogP contribution < -0.4 is 19.5 Å². The summed E-state index contributed by atoms with van der Waals surface area (Å²) in [6.07, 6.45) is 0. The first-order chi connectivity index (χ1) is 21.9. The molecule has 0 fully saturated rings. The zero-order valence-electron chi connectivity index (χ0n) is 23.8. The number of nitrogens with one attached hydrogen (secondary N) is 1. The molecule has 0 spiro atoms. The van der Waals surface area contributed by atoms with Gasteiger partial charge in [-0.15, -0.1) is 0 Å². The molecule has 0 aliphatic carbocycles. The van der Waals surface area contributed by atoms with E-state index >= 15 is 4.39 Å². The summed E-state index contributed by atoms with van der Waals surface area (Å²) in [6, 6.07) is 19.1. The minimum absolute atomic E-state index is 0.0108. The van der Waals surface area contributed by atoms with Crippen LogP contribution >= 0.6 is 11.6 Å². The quantitative estimate of drug-likeness (QED) is 0.126. The molecule has 234 valence electrons. The van der Waals surface area contributed by atoms with Gasteiger partial charge in [-0.2, -0.15) is 0 Å². The normalized spacial score (nSPS) is 11.8. The fraction of sp³-hybridized carbons (Fsp3) is 0.219. The van der Waals surface area contributed by atoms with Crippen molar-refractivity contribution in [2.24, 2.45) is 0 Å². The van der Waals surface area contributed by atoms with E-state index in [0.29, 0.717) is 39.2 Å². The lowest BCUT2D eigenvalue weighted by Crippen LogP contribution is -2.39. The van der Waals surface area contributed by atoms with Crippen molar-refractivity contribution in [3.8, 4) is 28.4 Å². The summed E-state index contributed by atoms with van der Waals surface area (Å²) in [6.45, 7) is -0.666. The van der Waals surface area contributed by atoms with Crippen molar-refractivity contribution >= 4 is 28.6 Å². The van der Waals surface area contributed by atoms with Gasteiger partial charge in [-0.1, -0.05) is 48.0 Å². The van der Waals surface area contributed by atoms with Crippen molar-refractivity contribution in [3.05, 3.63) is 100 Å². The third kappa shape index (κ3) is 7.86. The summed E-state index contributed by atoms with van der Waals surface area (Å²) in [7, 11) is 0. The lowest BCUT2D eigenvalue weighted by Gasteiger charge is -2.18. The van der Waals surface area contributed by atoms with E-state index in [0.717, 1.165) is 5.56 Å². The van der Waals surface area contributed by atoms with Gasteiger partial charge in [0.25, 0.3) is 0 Å². The Hall–Kier alpha value is -4.75. The van der Waals surface area contributed by atoms with Crippen LogP contribution in [0.1, 0.15) is 16.7 Å². The van der Waals surface area contributed by atoms with Crippen LogP contribution in [0.5, 0.6) is 17.2 Å². The molecule has 1 heterocycles. The number of fused-ring (bicyclic) bond motifs is 1. The molecule has 4 aromatic carbocycles. The lowest BCUT2D eigenvalue weighted by atomic mass is 10.0. The minimum atomic E-state index is -1.21. The average Bonchev–Trinajstić information content (AvgIpc) is 3.52. The molecule has 4 N–H and O–H groups in total. The fourth-order valence-electron chi connectivity index (χ4n) is 4.49. The number of hydrogen-bond donors (Lipinski definition) is 4. The molecule has 0 unspecified atom stereocenters. The number of ether oxygens (including phenoxy) is 3. The van der Waals surface area contributed by atoms with Crippen LogP contribution in [0, 0.1) is 5.82 Å². The number of nitrogens with zero attached hydrogens (tertiary/aromatic N) is 2. The van der Waals surface area contributed by atoms with Gasteiger partial charge < -0.3 is 29.5 Å². The van der Waals surface area contributed by atoms with Gasteiger partial charge in [-0.3, -0.25) is 10.1 Å². The average molecular weight is 638 g/mol. The molecule has 1 aromatic heterocycles. The molecule has 5 rings (SSSR count). The van der Waals surface area contributed by atoms with E-state index < -0.39 is 24.4 Å². The zero-order chi connectivity index (χ0) is 31.8. The van der Waals surface area contributed by atoms with Gasteiger partial charge in [-0.25, -0.2) is 9.02 Å². The van der Waals surface area contributed by atoms with Crippen molar-refractivity contribution < 1.29 is 43.3 Å². The Kier molecular flexibility index (Phi) is 10.4. The van der Waals surface area contributed by atoms with E-state index in [4.69, 9.17) is 35.5 Å². The molecule has 45 heavy (non-hydrogen) atoms. The van der Waals surface area contributed by atoms with E-state index in [-0.39, 0.29) is 49.3 Å². The highest BCUT2D eigenvalue weighted by Crippen LogP contribution is 2.35. The number of benzene rings is 4. The van der Waals surface area contributed by atoms with Gasteiger partial charge in [0.2, 0.25) is 0 Å². The van der Waals surface area contributed by atoms with Crippen molar-refractivity contribution in [2.45, 2.75) is 25.8 Å². The van der Waals surface area contributed by atoms with Gasteiger partial charge in [0.15, 0.2) is 0 Å². The smallest absolute Gasteiger partial charge is 0.323 e. The molecule has 0 saturated heterocycles. The largest absolute Gasteiger partial charge is 0.491 e. The van der Waals surface area contributed by atoms with Crippen molar-refractivity contribution in [1.29, 1.82) is 0 Å². The topological polar surface area (TPSA) is 156 Å². The monoisotopic (exact) mass is 637 g/mol. The molecule has 0 aliphatic rings. The van der Waals surface area contributed by atoms with E-state index in [1.54, 1.807) is 72.8 Å². The summed E-state index contributed by atoms with van der Waals surface area (Å²) in [4.78, 5) is 11.4. The van der Waals surface area contributed by atoms with Crippen LogP contribution in [-0.2, 0) is 24.6 Å². The van der Waals surface area contributed by atoms with Crippen molar-refractivity contribution in [2.75, 3.05) is 19.8 Å². The van der Waals surface area contributed by atoms with Crippen LogP contribution in [-0.4, -0.2) is 57.5 Å². The second-order valence-corrected chi connectivity index (χ2v) is 10.3. The van der Waals surface area contributed by atoms with E-state index in [9.17, 15) is 15.0 Å². The van der Waals surface area contributed by atoms with Crippen molar-refractivity contribution in [3.63, 3.8) is 0 Å². The first-order valence-corrected chi connectivity index (χ1v) is 14.2. The number of carboxylic acid groups (broad SMARTS) is 1. The third-order valence-corrected chi connectivity index (χ3v) is 7.11. The number of aliphatic carboxylic acids is 1. The predicted molar refractivity (Wildman–Crippen MR) is 162 cm³/mol. The molecule has 0 radical (unpaired) electrons. The standard InChI is InChI=1S/C32H29ClFN3O8/c33-25-13-22(15-35-28(16-39)32(40)41)29(43-17-19-7-8-26-27(11-19)37-45-36-26)14-30(25)44-18-21-4-2-6-24(31(21)34)20-3-1-5-23(12-20)42-10-9-38/h1-8,11-14,28,35,38-39H,9-10,15-18H2,(H,40,41)/t28-/m1/s1. The Morgan fingerprint density at radius 3 is 2.51 bits per heavy atom. The van der Waals surface area contributed by atoms with Gasteiger partial charge in [0.1, 0.15) is 60.0 Å². The Balaban J connectivity index is 1.37. The number of aliphatic hydroxyl groups is 2. The third-order valence-electron chi connectivity index (χ3n) is 6.81. The highest BCUT2D eigenvalue weighted by Gasteiger charge is 2.19. The van der Waals surface area contributed by atoms with Gasteiger partial charge in [0, 0.05) is 29.3 Å². The molecular weight excluding hydrogens is 609 g/mol.